The maximum atomic E-state index is 12.9. The smallest absolute Gasteiger partial charge is 0.267 e. The van der Waals surface area contributed by atoms with Crippen molar-refractivity contribution in [1.82, 2.24) is 0 Å². The maximum absolute atomic E-state index is 12.9. The first-order chi connectivity index (χ1) is 10.3. The fraction of sp³-hybridized carbons (Fsp3) is 0.235. The van der Waals surface area contributed by atoms with Gasteiger partial charge in [0.15, 0.2) is 5.60 Å². The molecule has 0 aliphatic carbocycles. The second-order valence-corrected chi connectivity index (χ2v) is 5.84. The molecule has 0 aliphatic rings. The van der Waals surface area contributed by atoms with Crippen molar-refractivity contribution in [1.29, 1.82) is 0 Å². The third-order valence-electron chi connectivity index (χ3n) is 3.25. The van der Waals surface area contributed by atoms with Gasteiger partial charge in [0.25, 0.3) is 5.91 Å². The Kier molecular flexibility index (Phi) is 4.71. The van der Waals surface area contributed by atoms with Gasteiger partial charge in [-0.2, -0.15) is 0 Å². The molecular formula is C17H17ClFNO2. The summed E-state index contributed by atoms with van der Waals surface area (Å²) in [6, 6.07) is 10.8. The molecule has 1 amide bonds. The molecular weight excluding hydrogens is 305 g/mol. The van der Waals surface area contributed by atoms with Crippen LogP contribution in [0.15, 0.2) is 42.5 Å². The van der Waals surface area contributed by atoms with Crippen molar-refractivity contribution >= 4 is 23.2 Å². The van der Waals surface area contributed by atoms with E-state index in [1.54, 1.807) is 32.0 Å². The van der Waals surface area contributed by atoms with Gasteiger partial charge in [-0.25, -0.2) is 4.39 Å². The van der Waals surface area contributed by atoms with Crippen molar-refractivity contribution in [2.45, 2.75) is 26.4 Å². The molecule has 116 valence electrons. The third kappa shape index (κ3) is 3.77. The number of carbonyl (C=O) groups excluding carboxylic acids is 1. The molecule has 0 saturated carbocycles. The highest BCUT2D eigenvalue weighted by molar-refractivity contribution is 6.31. The van der Waals surface area contributed by atoms with Gasteiger partial charge in [0, 0.05) is 10.7 Å². The van der Waals surface area contributed by atoms with Crippen molar-refractivity contribution in [3.63, 3.8) is 0 Å². The molecule has 3 nitrogen and oxygen atoms in total. The fourth-order valence-corrected chi connectivity index (χ4v) is 2.03. The lowest BCUT2D eigenvalue weighted by Crippen LogP contribution is -2.42. The summed E-state index contributed by atoms with van der Waals surface area (Å²) >= 11 is 6.04. The Balaban J connectivity index is 2.13. The highest BCUT2D eigenvalue weighted by atomic mass is 35.5. The molecule has 0 fully saturated rings. The summed E-state index contributed by atoms with van der Waals surface area (Å²) in [5, 5.41) is 3.38. The quantitative estimate of drug-likeness (QED) is 0.895. The number of carbonyl (C=O) groups is 1. The van der Waals surface area contributed by atoms with Crippen LogP contribution in [0.2, 0.25) is 5.02 Å². The Bertz CT molecular complexity index is 684. The van der Waals surface area contributed by atoms with Crippen LogP contribution in [0.3, 0.4) is 0 Å². The minimum atomic E-state index is -1.12. The molecule has 0 radical (unpaired) electrons. The van der Waals surface area contributed by atoms with Crippen LogP contribution in [0.25, 0.3) is 0 Å². The van der Waals surface area contributed by atoms with Crippen LogP contribution in [0.5, 0.6) is 5.75 Å². The second kappa shape index (κ2) is 6.36. The van der Waals surface area contributed by atoms with Crippen molar-refractivity contribution in [3.8, 4) is 5.75 Å². The number of hydrogen-bond donors (Lipinski definition) is 1. The van der Waals surface area contributed by atoms with E-state index >= 15 is 0 Å². The summed E-state index contributed by atoms with van der Waals surface area (Å²) in [4.78, 5) is 12.4. The summed E-state index contributed by atoms with van der Waals surface area (Å²) in [5.41, 5.74) is 0.301. The van der Waals surface area contributed by atoms with E-state index in [0.29, 0.717) is 16.5 Å². The molecule has 2 aromatic rings. The van der Waals surface area contributed by atoms with E-state index in [1.165, 1.54) is 24.3 Å². The second-order valence-electron chi connectivity index (χ2n) is 5.43. The van der Waals surface area contributed by atoms with Gasteiger partial charge in [0.05, 0.1) is 0 Å². The molecule has 0 atom stereocenters. The van der Waals surface area contributed by atoms with Crippen molar-refractivity contribution < 1.29 is 13.9 Å². The average Bonchev–Trinajstić information content (AvgIpc) is 2.46. The van der Waals surface area contributed by atoms with E-state index in [4.69, 9.17) is 16.3 Å². The van der Waals surface area contributed by atoms with Crippen molar-refractivity contribution in [3.05, 3.63) is 58.9 Å². The zero-order valence-electron chi connectivity index (χ0n) is 12.6. The summed E-state index contributed by atoms with van der Waals surface area (Å²) < 4.78 is 18.5. The van der Waals surface area contributed by atoms with Crippen molar-refractivity contribution in [2.75, 3.05) is 5.32 Å². The summed E-state index contributed by atoms with van der Waals surface area (Å²) in [6.45, 7) is 5.11. The molecule has 0 bridgehead atoms. The van der Waals surface area contributed by atoms with Gasteiger partial charge in [-0.3, -0.25) is 4.79 Å². The molecule has 0 aromatic heterocycles. The topological polar surface area (TPSA) is 38.3 Å². The molecule has 0 aliphatic heterocycles. The zero-order chi connectivity index (χ0) is 16.3. The number of hydrogen-bond acceptors (Lipinski definition) is 2. The molecule has 0 heterocycles. The first-order valence-electron chi connectivity index (χ1n) is 6.81. The highest BCUT2D eigenvalue weighted by Gasteiger charge is 2.30. The lowest BCUT2D eigenvalue weighted by molar-refractivity contribution is -0.128. The molecule has 5 heteroatoms. The van der Waals surface area contributed by atoms with Crippen LogP contribution < -0.4 is 10.1 Å². The van der Waals surface area contributed by atoms with Gasteiger partial charge in [0.1, 0.15) is 11.6 Å². The van der Waals surface area contributed by atoms with Gasteiger partial charge >= 0.3 is 0 Å². The number of anilines is 1. The molecule has 0 unspecified atom stereocenters. The maximum Gasteiger partial charge on any atom is 0.267 e. The summed E-state index contributed by atoms with van der Waals surface area (Å²) in [7, 11) is 0. The van der Waals surface area contributed by atoms with E-state index in [2.05, 4.69) is 5.32 Å². The predicted octanol–water partition coefficient (Wildman–Crippen LogP) is 4.58. The van der Waals surface area contributed by atoms with Crippen LogP contribution in [0.1, 0.15) is 19.4 Å². The lowest BCUT2D eigenvalue weighted by atomic mass is 10.1. The number of nitrogens with one attached hydrogen (secondary N) is 1. The zero-order valence-corrected chi connectivity index (χ0v) is 13.4. The standard InChI is InChI=1S/C17H17ClFNO2/c1-11-14(18)5-4-6-15(11)20-16(21)17(2,3)22-13-9-7-12(19)8-10-13/h4-10H,1-3H3,(H,20,21). The number of halogens is 2. The van der Waals surface area contributed by atoms with Crippen LogP contribution >= 0.6 is 11.6 Å². The Morgan fingerprint density at radius 3 is 2.45 bits per heavy atom. The van der Waals surface area contributed by atoms with Gasteiger partial charge in [0.2, 0.25) is 0 Å². The Morgan fingerprint density at radius 2 is 1.82 bits per heavy atom. The third-order valence-corrected chi connectivity index (χ3v) is 3.66. The SMILES string of the molecule is Cc1c(Cl)cccc1NC(=O)C(C)(C)Oc1ccc(F)cc1. The number of ether oxygens (including phenoxy) is 1. The molecule has 0 saturated heterocycles. The predicted molar refractivity (Wildman–Crippen MR) is 85.9 cm³/mol. The normalized spacial score (nSPS) is 11.1. The largest absolute Gasteiger partial charge is 0.478 e. The van der Waals surface area contributed by atoms with Gasteiger partial charge in [-0.15, -0.1) is 0 Å². The van der Waals surface area contributed by atoms with E-state index in [9.17, 15) is 9.18 Å². The monoisotopic (exact) mass is 321 g/mol. The first-order valence-corrected chi connectivity index (χ1v) is 7.18. The number of rotatable bonds is 4. The van der Waals surface area contributed by atoms with E-state index in [-0.39, 0.29) is 11.7 Å². The summed E-state index contributed by atoms with van der Waals surface area (Å²) in [5.74, 6) is -0.254. The Hall–Kier alpha value is -2.07. The van der Waals surface area contributed by atoms with E-state index < -0.39 is 5.60 Å². The fourth-order valence-electron chi connectivity index (χ4n) is 1.86. The van der Waals surface area contributed by atoms with Crippen LogP contribution in [-0.4, -0.2) is 11.5 Å². The van der Waals surface area contributed by atoms with Crippen molar-refractivity contribution in [2.24, 2.45) is 0 Å². The minimum Gasteiger partial charge on any atom is -0.478 e. The van der Waals surface area contributed by atoms with E-state index in [1.807, 2.05) is 6.92 Å². The number of benzene rings is 2. The van der Waals surface area contributed by atoms with Gasteiger partial charge < -0.3 is 10.1 Å². The summed E-state index contributed by atoms with van der Waals surface area (Å²) in [6.07, 6.45) is 0. The molecule has 1 N–H and O–H groups in total. The molecule has 0 spiro atoms. The number of amides is 1. The minimum absolute atomic E-state index is 0.317. The molecule has 2 aromatic carbocycles. The molecule has 22 heavy (non-hydrogen) atoms. The van der Waals surface area contributed by atoms with Gasteiger partial charge in [-0.1, -0.05) is 17.7 Å². The van der Waals surface area contributed by atoms with Gasteiger partial charge in [-0.05, 0) is 62.7 Å². The lowest BCUT2D eigenvalue weighted by Gasteiger charge is -2.25. The highest BCUT2D eigenvalue weighted by Crippen LogP contribution is 2.25. The van der Waals surface area contributed by atoms with Crippen LogP contribution in [0, 0.1) is 12.7 Å². The first kappa shape index (κ1) is 16.3. The van der Waals surface area contributed by atoms with Crippen LogP contribution in [-0.2, 0) is 4.79 Å². The van der Waals surface area contributed by atoms with Crippen LogP contribution in [0.4, 0.5) is 10.1 Å². The Morgan fingerprint density at radius 1 is 1.18 bits per heavy atom. The Labute approximate surface area is 134 Å². The average molecular weight is 322 g/mol. The molecule has 2 rings (SSSR count). The van der Waals surface area contributed by atoms with E-state index in [0.717, 1.165) is 5.56 Å².